The topological polar surface area (TPSA) is 58.6 Å². The van der Waals surface area contributed by atoms with Crippen molar-refractivity contribution in [1.82, 2.24) is 10.2 Å². The molecule has 1 aliphatic heterocycles. The Balaban J connectivity index is 1.53. The van der Waals surface area contributed by atoms with Crippen LogP contribution in [-0.2, 0) is 29.0 Å². The molecular formula is C27H27ClN2O3. The van der Waals surface area contributed by atoms with Gasteiger partial charge in [-0.3, -0.25) is 9.69 Å². The van der Waals surface area contributed by atoms with Gasteiger partial charge in [-0.1, -0.05) is 66.2 Å². The Labute approximate surface area is 199 Å². The second-order valence-corrected chi connectivity index (χ2v) is 8.67. The first-order valence-corrected chi connectivity index (χ1v) is 11.4. The lowest BCUT2D eigenvalue weighted by atomic mass is 9.91. The van der Waals surface area contributed by atoms with Gasteiger partial charge >= 0.3 is 5.97 Å². The number of amides is 1. The molecule has 1 amide bonds. The average molecular weight is 463 g/mol. The Hall–Kier alpha value is -3.15. The van der Waals surface area contributed by atoms with Gasteiger partial charge in [-0.25, -0.2) is 4.79 Å². The summed E-state index contributed by atoms with van der Waals surface area (Å²) in [6, 6.07) is 22.8. The molecule has 3 aromatic rings. The molecule has 5 nitrogen and oxygen atoms in total. The normalized spacial score (nSPS) is 16.5. The van der Waals surface area contributed by atoms with Gasteiger partial charge in [0.1, 0.15) is 0 Å². The molecule has 4 rings (SSSR count). The van der Waals surface area contributed by atoms with Gasteiger partial charge in [0.05, 0.1) is 18.7 Å². The molecule has 0 spiro atoms. The Morgan fingerprint density at radius 2 is 1.70 bits per heavy atom. The number of nitrogens with zero attached hydrogens (tertiary/aromatic N) is 1. The van der Waals surface area contributed by atoms with Crippen LogP contribution in [0, 0.1) is 0 Å². The number of carbonyl (C=O) groups is 2. The number of esters is 1. The summed E-state index contributed by atoms with van der Waals surface area (Å²) >= 11 is 6.49. The molecule has 0 saturated carbocycles. The number of fused-ring (bicyclic) bond motifs is 1. The van der Waals surface area contributed by atoms with E-state index in [0.29, 0.717) is 30.1 Å². The van der Waals surface area contributed by atoms with Crippen LogP contribution in [0.5, 0.6) is 0 Å². The van der Waals surface area contributed by atoms with Crippen LogP contribution in [0.1, 0.15) is 45.6 Å². The number of halogens is 1. The highest BCUT2D eigenvalue weighted by molar-refractivity contribution is 6.31. The van der Waals surface area contributed by atoms with Gasteiger partial charge in [-0.15, -0.1) is 0 Å². The van der Waals surface area contributed by atoms with Crippen LogP contribution in [0.3, 0.4) is 0 Å². The average Bonchev–Trinajstić information content (AvgIpc) is 2.86. The molecule has 170 valence electrons. The number of rotatable bonds is 6. The van der Waals surface area contributed by atoms with Crippen molar-refractivity contribution in [3.63, 3.8) is 0 Å². The van der Waals surface area contributed by atoms with E-state index in [1.807, 2.05) is 48.5 Å². The number of methoxy groups -OCH3 is 1. The molecule has 6 heteroatoms. The molecule has 0 aliphatic carbocycles. The standard InChI is InChI=1S/C27H27ClN2O3/c1-18(23-9-5-6-10-24(23)28)30-17-22-8-4-3-7-21(22)15-25(30)26(31)29-16-19-11-13-20(14-12-19)27(32)33-2/h3-14,18,25H,15-17H2,1-2H3,(H,29,31)/t18-,25+/m1/s1. The van der Waals surface area contributed by atoms with E-state index in [2.05, 4.69) is 29.3 Å². The molecule has 0 aromatic heterocycles. The van der Waals surface area contributed by atoms with Crippen LogP contribution in [-0.4, -0.2) is 29.9 Å². The van der Waals surface area contributed by atoms with E-state index in [1.165, 1.54) is 18.2 Å². The third-order valence-corrected chi connectivity index (χ3v) is 6.63. The molecule has 0 bridgehead atoms. The van der Waals surface area contributed by atoms with Crippen molar-refractivity contribution >= 4 is 23.5 Å². The predicted octanol–water partition coefficient (Wildman–Crippen LogP) is 4.93. The molecular weight excluding hydrogens is 436 g/mol. The lowest BCUT2D eigenvalue weighted by Crippen LogP contribution is -2.50. The van der Waals surface area contributed by atoms with Gasteiger partial charge < -0.3 is 10.1 Å². The Bertz CT molecular complexity index is 1150. The first-order valence-electron chi connectivity index (χ1n) is 11.0. The number of ether oxygens (including phenoxy) is 1. The number of hydrogen-bond acceptors (Lipinski definition) is 4. The van der Waals surface area contributed by atoms with Crippen molar-refractivity contribution in [2.45, 2.75) is 38.5 Å². The third kappa shape index (κ3) is 5.10. The minimum Gasteiger partial charge on any atom is -0.465 e. The van der Waals surface area contributed by atoms with Crippen molar-refractivity contribution in [2.75, 3.05) is 7.11 Å². The van der Waals surface area contributed by atoms with Crippen LogP contribution >= 0.6 is 11.6 Å². The fourth-order valence-electron chi connectivity index (χ4n) is 4.37. The van der Waals surface area contributed by atoms with Crippen molar-refractivity contribution in [1.29, 1.82) is 0 Å². The zero-order valence-electron chi connectivity index (χ0n) is 18.8. The number of hydrogen-bond donors (Lipinski definition) is 1. The smallest absolute Gasteiger partial charge is 0.337 e. The summed E-state index contributed by atoms with van der Waals surface area (Å²) in [7, 11) is 1.36. The van der Waals surface area contributed by atoms with E-state index >= 15 is 0 Å². The number of carbonyl (C=O) groups excluding carboxylic acids is 2. The van der Waals surface area contributed by atoms with Gasteiger partial charge in [0.2, 0.25) is 5.91 Å². The van der Waals surface area contributed by atoms with Crippen molar-refractivity contribution in [3.8, 4) is 0 Å². The maximum Gasteiger partial charge on any atom is 0.337 e. The van der Waals surface area contributed by atoms with Gasteiger partial charge in [0.15, 0.2) is 0 Å². The molecule has 3 aromatic carbocycles. The van der Waals surface area contributed by atoms with E-state index in [9.17, 15) is 9.59 Å². The fourth-order valence-corrected chi connectivity index (χ4v) is 4.66. The van der Waals surface area contributed by atoms with Crippen LogP contribution in [0.2, 0.25) is 5.02 Å². The second kappa shape index (κ2) is 10.2. The van der Waals surface area contributed by atoms with E-state index < -0.39 is 0 Å². The van der Waals surface area contributed by atoms with Crippen LogP contribution in [0.15, 0.2) is 72.8 Å². The predicted molar refractivity (Wildman–Crippen MR) is 129 cm³/mol. The summed E-state index contributed by atoms with van der Waals surface area (Å²) in [6.45, 7) is 3.15. The van der Waals surface area contributed by atoms with Crippen LogP contribution in [0.4, 0.5) is 0 Å². The first-order chi connectivity index (χ1) is 16.0. The maximum absolute atomic E-state index is 13.4. The summed E-state index contributed by atoms with van der Waals surface area (Å²) < 4.78 is 4.74. The van der Waals surface area contributed by atoms with E-state index in [4.69, 9.17) is 16.3 Å². The molecule has 1 N–H and O–H groups in total. The van der Waals surface area contributed by atoms with Crippen LogP contribution < -0.4 is 5.32 Å². The molecule has 0 fully saturated rings. The minimum atomic E-state index is -0.379. The van der Waals surface area contributed by atoms with E-state index in [-0.39, 0.29) is 24.0 Å². The summed E-state index contributed by atoms with van der Waals surface area (Å²) in [5, 5.41) is 3.79. The highest BCUT2D eigenvalue weighted by Gasteiger charge is 2.35. The van der Waals surface area contributed by atoms with Gasteiger partial charge in [-0.2, -0.15) is 0 Å². The molecule has 1 heterocycles. The summed E-state index contributed by atoms with van der Waals surface area (Å²) in [6.07, 6.45) is 0.637. The fraction of sp³-hybridized carbons (Fsp3) is 0.259. The summed E-state index contributed by atoms with van der Waals surface area (Å²) in [5.41, 5.74) is 4.84. The SMILES string of the molecule is COC(=O)c1ccc(CNC(=O)[C@@H]2Cc3ccccc3CN2[C@H](C)c2ccccc2Cl)cc1. The van der Waals surface area contributed by atoms with Gasteiger partial charge in [0.25, 0.3) is 0 Å². The Kier molecular flexibility index (Phi) is 7.11. The lowest BCUT2D eigenvalue weighted by Gasteiger charge is -2.40. The second-order valence-electron chi connectivity index (χ2n) is 8.26. The number of nitrogens with one attached hydrogen (secondary N) is 1. The van der Waals surface area contributed by atoms with Crippen molar-refractivity contribution in [3.05, 3.63) is 106 Å². The molecule has 0 saturated heterocycles. The zero-order chi connectivity index (χ0) is 23.4. The minimum absolute atomic E-state index is 0.0258. The van der Waals surface area contributed by atoms with Crippen LogP contribution in [0.25, 0.3) is 0 Å². The quantitative estimate of drug-likeness (QED) is 0.527. The molecule has 0 unspecified atom stereocenters. The third-order valence-electron chi connectivity index (χ3n) is 6.28. The zero-order valence-corrected chi connectivity index (χ0v) is 19.5. The number of benzene rings is 3. The largest absolute Gasteiger partial charge is 0.465 e. The Morgan fingerprint density at radius 1 is 1.03 bits per heavy atom. The molecule has 2 atom stereocenters. The molecule has 33 heavy (non-hydrogen) atoms. The first kappa shape index (κ1) is 23.0. The molecule has 0 radical (unpaired) electrons. The highest BCUT2D eigenvalue weighted by atomic mass is 35.5. The van der Waals surface area contributed by atoms with Crippen molar-refractivity contribution in [2.24, 2.45) is 0 Å². The monoisotopic (exact) mass is 462 g/mol. The Morgan fingerprint density at radius 3 is 2.39 bits per heavy atom. The maximum atomic E-state index is 13.4. The molecule has 1 aliphatic rings. The lowest BCUT2D eigenvalue weighted by molar-refractivity contribution is -0.128. The van der Waals surface area contributed by atoms with E-state index in [1.54, 1.807) is 12.1 Å². The highest BCUT2D eigenvalue weighted by Crippen LogP contribution is 2.34. The van der Waals surface area contributed by atoms with Gasteiger partial charge in [-0.05, 0) is 53.8 Å². The van der Waals surface area contributed by atoms with E-state index in [0.717, 1.165) is 11.1 Å². The summed E-state index contributed by atoms with van der Waals surface area (Å²) in [4.78, 5) is 27.2. The van der Waals surface area contributed by atoms with Gasteiger partial charge in [0, 0.05) is 24.2 Å². The summed E-state index contributed by atoms with van der Waals surface area (Å²) in [5.74, 6) is -0.406. The van der Waals surface area contributed by atoms with Crippen molar-refractivity contribution < 1.29 is 14.3 Å².